The Morgan fingerprint density at radius 3 is 2.08 bits per heavy atom. The number of ether oxygens (including phenoxy) is 1. The van der Waals surface area contributed by atoms with Crippen LogP contribution in [-0.2, 0) is 6.18 Å². The van der Waals surface area contributed by atoms with E-state index >= 15 is 0 Å². The fraction of sp³-hybridized carbons (Fsp3) is 0.118. The molecule has 1 heterocycles. The van der Waals surface area contributed by atoms with Crippen molar-refractivity contribution in [3.05, 3.63) is 59.2 Å². The lowest BCUT2D eigenvalue weighted by Crippen LogP contribution is -2.07. The molecule has 0 unspecified atom stereocenters. The average Bonchev–Trinajstić information content (AvgIpc) is 3.01. The van der Waals surface area contributed by atoms with Crippen LogP contribution in [0.4, 0.5) is 13.2 Å². The average molecular weight is 353 g/mol. The number of methoxy groups -OCH3 is 1. The van der Waals surface area contributed by atoms with Crippen molar-refractivity contribution in [3.63, 3.8) is 0 Å². The van der Waals surface area contributed by atoms with Crippen LogP contribution in [0, 0.1) is 0 Å². The third-order valence-electron chi connectivity index (χ3n) is 3.55. The standard InChI is InChI=1S/C17H12ClF3N2O/c1-24-13-8-4-10(5-9-13)14-15(11-2-6-12(18)7-3-11)22-23-16(14)17(19,20)21/h2-9H,1H3,(H,22,23). The minimum Gasteiger partial charge on any atom is -0.497 e. The van der Waals surface area contributed by atoms with Crippen LogP contribution in [-0.4, -0.2) is 17.3 Å². The van der Waals surface area contributed by atoms with E-state index < -0.39 is 11.9 Å². The summed E-state index contributed by atoms with van der Waals surface area (Å²) in [6.45, 7) is 0. The second kappa shape index (κ2) is 6.20. The number of halogens is 4. The van der Waals surface area contributed by atoms with Crippen molar-refractivity contribution in [2.45, 2.75) is 6.18 Å². The van der Waals surface area contributed by atoms with Gasteiger partial charge in [0.2, 0.25) is 0 Å². The number of hydrogen-bond acceptors (Lipinski definition) is 2. The van der Waals surface area contributed by atoms with Gasteiger partial charge in [-0.3, -0.25) is 5.10 Å². The summed E-state index contributed by atoms with van der Waals surface area (Å²) in [5, 5.41) is 6.49. The van der Waals surface area contributed by atoms with Crippen molar-refractivity contribution in [2.24, 2.45) is 0 Å². The van der Waals surface area contributed by atoms with E-state index in [0.717, 1.165) is 0 Å². The lowest BCUT2D eigenvalue weighted by atomic mass is 9.98. The van der Waals surface area contributed by atoms with Gasteiger partial charge in [0.25, 0.3) is 0 Å². The quantitative estimate of drug-likeness (QED) is 0.683. The Balaban J connectivity index is 2.19. The maximum Gasteiger partial charge on any atom is 0.435 e. The number of nitrogens with zero attached hydrogens (tertiary/aromatic N) is 1. The Kier molecular flexibility index (Phi) is 4.24. The summed E-state index contributed by atoms with van der Waals surface area (Å²) in [7, 11) is 1.49. The summed E-state index contributed by atoms with van der Waals surface area (Å²) in [5.41, 5.74) is 0.268. The van der Waals surface area contributed by atoms with Gasteiger partial charge in [0.15, 0.2) is 5.69 Å². The summed E-state index contributed by atoms with van der Waals surface area (Å²) in [4.78, 5) is 0. The highest BCUT2D eigenvalue weighted by Crippen LogP contribution is 2.41. The molecule has 124 valence electrons. The van der Waals surface area contributed by atoms with E-state index in [1.54, 1.807) is 48.5 Å². The Hall–Kier alpha value is -2.47. The van der Waals surface area contributed by atoms with E-state index in [2.05, 4.69) is 10.2 Å². The zero-order valence-electron chi connectivity index (χ0n) is 12.5. The van der Waals surface area contributed by atoms with Crippen molar-refractivity contribution in [1.82, 2.24) is 10.2 Å². The highest BCUT2D eigenvalue weighted by molar-refractivity contribution is 6.30. The summed E-state index contributed by atoms with van der Waals surface area (Å²) in [6.07, 6.45) is -4.57. The molecule has 0 aliphatic heterocycles. The van der Waals surface area contributed by atoms with Gasteiger partial charge in [-0.05, 0) is 29.8 Å². The minimum atomic E-state index is -4.57. The van der Waals surface area contributed by atoms with E-state index in [-0.39, 0.29) is 11.3 Å². The van der Waals surface area contributed by atoms with Gasteiger partial charge in [0.05, 0.1) is 12.8 Å². The van der Waals surface area contributed by atoms with Crippen LogP contribution < -0.4 is 4.74 Å². The first-order valence-electron chi connectivity index (χ1n) is 6.96. The topological polar surface area (TPSA) is 37.9 Å². The lowest BCUT2D eigenvalue weighted by Gasteiger charge is -2.10. The lowest BCUT2D eigenvalue weighted by molar-refractivity contribution is -0.140. The van der Waals surface area contributed by atoms with E-state index in [0.29, 0.717) is 21.9 Å². The van der Waals surface area contributed by atoms with Crippen molar-refractivity contribution >= 4 is 11.6 Å². The van der Waals surface area contributed by atoms with Gasteiger partial charge < -0.3 is 4.74 Å². The fourth-order valence-electron chi connectivity index (χ4n) is 2.41. The van der Waals surface area contributed by atoms with Crippen LogP contribution >= 0.6 is 11.6 Å². The first-order valence-corrected chi connectivity index (χ1v) is 7.34. The van der Waals surface area contributed by atoms with Gasteiger partial charge in [-0.1, -0.05) is 35.9 Å². The molecule has 3 nitrogen and oxygen atoms in total. The van der Waals surface area contributed by atoms with E-state index in [9.17, 15) is 13.2 Å². The number of aromatic nitrogens is 2. The van der Waals surface area contributed by atoms with Crippen LogP contribution in [0.15, 0.2) is 48.5 Å². The monoisotopic (exact) mass is 352 g/mol. The molecule has 3 rings (SSSR count). The number of rotatable bonds is 3. The number of aromatic amines is 1. The van der Waals surface area contributed by atoms with E-state index in [1.165, 1.54) is 7.11 Å². The molecule has 0 spiro atoms. The van der Waals surface area contributed by atoms with Gasteiger partial charge in [-0.2, -0.15) is 18.3 Å². The second-order valence-electron chi connectivity index (χ2n) is 5.06. The van der Waals surface area contributed by atoms with Crippen LogP contribution in [0.5, 0.6) is 5.75 Å². The van der Waals surface area contributed by atoms with Gasteiger partial charge in [-0.15, -0.1) is 0 Å². The number of nitrogens with one attached hydrogen (secondary N) is 1. The predicted octanol–water partition coefficient (Wildman–Crippen LogP) is 5.42. The van der Waals surface area contributed by atoms with E-state index in [4.69, 9.17) is 16.3 Å². The van der Waals surface area contributed by atoms with Gasteiger partial charge in [0, 0.05) is 16.1 Å². The number of hydrogen-bond donors (Lipinski definition) is 1. The van der Waals surface area contributed by atoms with Crippen LogP contribution in [0.2, 0.25) is 5.02 Å². The molecule has 2 aromatic carbocycles. The fourth-order valence-corrected chi connectivity index (χ4v) is 2.54. The first kappa shape index (κ1) is 16.4. The smallest absolute Gasteiger partial charge is 0.435 e. The zero-order valence-corrected chi connectivity index (χ0v) is 13.2. The summed E-state index contributed by atoms with van der Waals surface area (Å²) >= 11 is 5.85. The molecule has 1 aromatic heterocycles. The summed E-state index contributed by atoms with van der Waals surface area (Å²) in [6, 6.07) is 12.9. The molecule has 7 heteroatoms. The molecule has 0 amide bonds. The molecule has 24 heavy (non-hydrogen) atoms. The third kappa shape index (κ3) is 3.10. The maximum atomic E-state index is 13.3. The number of benzene rings is 2. The maximum absolute atomic E-state index is 13.3. The third-order valence-corrected chi connectivity index (χ3v) is 3.80. The van der Waals surface area contributed by atoms with Crippen molar-refractivity contribution < 1.29 is 17.9 Å². The highest BCUT2D eigenvalue weighted by Gasteiger charge is 2.38. The van der Waals surface area contributed by atoms with Crippen LogP contribution in [0.3, 0.4) is 0 Å². The number of alkyl halides is 3. The van der Waals surface area contributed by atoms with Crippen LogP contribution in [0.1, 0.15) is 5.69 Å². The molecular formula is C17H12ClF3N2O. The van der Waals surface area contributed by atoms with Crippen molar-refractivity contribution in [2.75, 3.05) is 7.11 Å². The normalized spacial score (nSPS) is 11.5. The Bertz CT molecular complexity index is 840. The Morgan fingerprint density at radius 1 is 0.958 bits per heavy atom. The minimum absolute atomic E-state index is 0.00697. The van der Waals surface area contributed by atoms with Gasteiger partial charge in [0.1, 0.15) is 5.75 Å². The largest absolute Gasteiger partial charge is 0.497 e. The molecule has 0 radical (unpaired) electrons. The molecule has 0 saturated heterocycles. The van der Waals surface area contributed by atoms with Crippen molar-refractivity contribution in [3.8, 4) is 28.1 Å². The van der Waals surface area contributed by atoms with Gasteiger partial charge in [-0.25, -0.2) is 0 Å². The molecule has 0 aliphatic rings. The molecule has 0 atom stereocenters. The van der Waals surface area contributed by atoms with Crippen LogP contribution in [0.25, 0.3) is 22.4 Å². The number of H-pyrrole nitrogens is 1. The SMILES string of the molecule is COc1ccc(-c2c(C(F)(F)F)n[nH]c2-c2ccc(Cl)cc2)cc1. The molecule has 0 fully saturated rings. The Morgan fingerprint density at radius 2 is 1.54 bits per heavy atom. The summed E-state index contributed by atoms with van der Waals surface area (Å²) in [5.74, 6) is 0.559. The van der Waals surface area contributed by atoms with Crippen molar-refractivity contribution in [1.29, 1.82) is 0 Å². The zero-order chi connectivity index (χ0) is 17.3. The van der Waals surface area contributed by atoms with E-state index in [1.807, 2.05) is 0 Å². The molecule has 1 N–H and O–H groups in total. The molecule has 0 saturated carbocycles. The summed E-state index contributed by atoms with van der Waals surface area (Å²) < 4.78 is 45.1. The Labute approximate surface area is 141 Å². The molecule has 0 bridgehead atoms. The predicted molar refractivity (Wildman–Crippen MR) is 86.0 cm³/mol. The second-order valence-corrected chi connectivity index (χ2v) is 5.49. The first-order chi connectivity index (χ1) is 11.4. The van der Waals surface area contributed by atoms with Gasteiger partial charge >= 0.3 is 6.18 Å². The molecular weight excluding hydrogens is 341 g/mol. The highest BCUT2D eigenvalue weighted by atomic mass is 35.5. The molecule has 3 aromatic rings. The molecule has 0 aliphatic carbocycles.